The molecule has 4 nitrogen and oxygen atoms in total. The number of rotatable bonds is 3. The summed E-state index contributed by atoms with van der Waals surface area (Å²) in [5.41, 5.74) is 1.31. The molecule has 0 unspecified atom stereocenters. The lowest BCUT2D eigenvalue weighted by Gasteiger charge is -2.33. The molecule has 1 amide bonds. The zero-order valence-electron chi connectivity index (χ0n) is 12.3. The Morgan fingerprint density at radius 3 is 2.86 bits per heavy atom. The van der Waals surface area contributed by atoms with Crippen molar-refractivity contribution in [2.75, 3.05) is 26.7 Å². The van der Waals surface area contributed by atoms with Crippen LogP contribution in [0.5, 0.6) is 5.75 Å². The molecule has 1 aromatic rings. The number of piperidine rings is 1. The minimum absolute atomic E-state index is 0.202. The van der Waals surface area contributed by atoms with Crippen LogP contribution in [0.3, 0.4) is 0 Å². The summed E-state index contributed by atoms with van der Waals surface area (Å²) < 4.78 is 6.31. The van der Waals surface area contributed by atoms with Crippen LogP contribution in [0.25, 0.3) is 0 Å². The van der Waals surface area contributed by atoms with Crippen molar-refractivity contribution in [1.29, 1.82) is 0 Å². The van der Waals surface area contributed by atoms with E-state index in [-0.39, 0.29) is 11.3 Å². The van der Waals surface area contributed by atoms with Crippen molar-refractivity contribution in [1.82, 2.24) is 10.2 Å². The van der Waals surface area contributed by atoms with Crippen molar-refractivity contribution in [3.8, 4) is 5.75 Å². The Labute approximate surface area is 134 Å². The van der Waals surface area contributed by atoms with Crippen LogP contribution in [0.4, 0.5) is 0 Å². The summed E-state index contributed by atoms with van der Waals surface area (Å²) in [5, 5.41) is 3.39. The third-order valence-corrected chi connectivity index (χ3v) is 5.46. The first-order valence-corrected chi connectivity index (χ1v) is 8.22. The lowest BCUT2D eigenvalue weighted by atomic mass is 9.78. The summed E-state index contributed by atoms with van der Waals surface area (Å²) >= 11 is 3.57. The van der Waals surface area contributed by atoms with Crippen molar-refractivity contribution in [2.45, 2.75) is 25.8 Å². The van der Waals surface area contributed by atoms with Crippen LogP contribution in [0.2, 0.25) is 0 Å². The zero-order valence-corrected chi connectivity index (χ0v) is 13.9. The topological polar surface area (TPSA) is 41.6 Å². The standard InChI is InChI=1S/C16H21BrN2O2/c1-21-13-2-3-14(17)12(8-13)10-19-11-16(9-15(19)20)4-6-18-7-5-16/h2-3,8,18H,4-7,9-11H2,1H3. The molecule has 2 aliphatic heterocycles. The van der Waals surface area contributed by atoms with Gasteiger partial charge in [0.05, 0.1) is 7.11 Å². The first kappa shape index (κ1) is 14.9. The van der Waals surface area contributed by atoms with Gasteiger partial charge in [-0.2, -0.15) is 0 Å². The highest BCUT2D eigenvalue weighted by Gasteiger charge is 2.43. The van der Waals surface area contributed by atoms with E-state index in [2.05, 4.69) is 21.2 Å². The number of nitrogens with zero attached hydrogens (tertiary/aromatic N) is 1. The third-order valence-electron chi connectivity index (χ3n) is 4.68. The Hall–Kier alpha value is -1.07. The minimum Gasteiger partial charge on any atom is -0.497 e. The molecular formula is C16H21BrN2O2. The Morgan fingerprint density at radius 2 is 2.14 bits per heavy atom. The summed E-state index contributed by atoms with van der Waals surface area (Å²) in [5.74, 6) is 1.11. The van der Waals surface area contributed by atoms with E-state index >= 15 is 0 Å². The first-order valence-electron chi connectivity index (χ1n) is 7.43. The third kappa shape index (κ3) is 3.09. The normalized spacial score (nSPS) is 21.0. The molecule has 0 radical (unpaired) electrons. The molecule has 114 valence electrons. The van der Waals surface area contributed by atoms with Gasteiger partial charge in [0.2, 0.25) is 5.91 Å². The summed E-state index contributed by atoms with van der Waals surface area (Å²) in [4.78, 5) is 14.4. The van der Waals surface area contributed by atoms with Gasteiger partial charge in [-0.05, 0) is 55.1 Å². The quantitative estimate of drug-likeness (QED) is 0.908. The summed E-state index contributed by atoms with van der Waals surface area (Å²) in [6.07, 6.45) is 2.92. The van der Waals surface area contributed by atoms with Crippen LogP contribution >= 0.6 is 15.9 Å². The molecule has 0 saturated carbocycles. The second-order valence-electron chi connectivity index (χ2n) is 6.13. The van der Waals surface area contributed by atoms with Crippen LogP contribution in [-0.2, 0) is 11.3 Å². The van der Waals surface area contributed by atoms with Gasteiger partial charge in [-0.25, -0.2) is 0 Å². The van der Waals surface area contributed by atoms with Gasteiger partial charge in [-0.15, -0.1) is 0 Å². The van der Waals surface area contributed by atoms with Crippen molar-refractivity contribution in [2.24, 2.45) is 5.41 Å². The summed E-state index contributed by atoms with van der Waals surface area (Å²) in [6, 6.07) is 5.91. The van der Waals surface area contributed by atoms with E-state index in [9.17, 15) is 4.79 Å². The second kappa shape index (κ2) is 5.97. The fraction of sp³-hybridized carbons (Fsp3) is 0.562. The van der Waals surface area contributed by atoms with Crippen LogP contribution in [0, 0.1) is 5.41 Å². The van der Waals surface area contributed by atoms with Crippen LogP contribution in [0.15, 0.2) is 22.7 Å². The summed E-state index contributed by atoms with van der Waals surface area (Å²) in [6.45, 7) is 3.61. The SMILES string of the molecule is COc1ccc(Br)c(CN2CC3(CCNCC3)CC2=O)c1. The molecule has 0 aromatic heterocycles. The maximum absolute atomic E-state index is 12.4. The second-order valence-corrected chi connectivity index (χ2v) is 6.99. The van der Waals surface area contributed by atoms with Crippen molar-refractivity contribution in [3.05, 3.63) is 28.2 Å². The van der Waals surface area contributed by atoms with Crippen LogP contribution in [0.1, 0.15) is 24.8 Å². The zero-order chi connectivity index (χ0) is 14.9. The highest BCUT2D eigenvalue weighted by molar-refractivity contribution is 9.10. The number of likely N-dealkylation sites (tertiary alicyclic amines) is 1. The molecule has 2 saturated heterocycles. The molecule has 1 N–H and O–H groups in total. The van der Waals surface area contributed by atoms with Crippen LogP contribution in [-0.4, -0.2) is 37.6 Å². The van der Waals surface area contributed by atoms with Crippen molar-refractivity contribution >= 4 is 21.8 Å². The molecule has 2 fully saturated rings. The Kier molecular flexibility index (Phi) is 4.22. The van der Waals surface area contributed by atoms with E-state index in [0.29, 0.717) is 13.0 Å². The molecule has 3 rings (SSSR count). The predicted octanol–water partition coefficient (Wildman–Crippen LogP) is 2.56. The number of carbonyl (C=O) groups excluding carboxylic acids is 1. The van der Waals surface area contributed by atoms with Gasteiger partial charge in [-0.3, -0.25) is 4.79 Å². The highest BCUT2D eigenvalue weighted by Crippen LogP contribution is 2.40. The molecule has 1 spiro atoms. The van der Waals surface area contributed by atoms with Gasteiger partial charge in [0.15, 0.2) is 0 Å². The van der Waals surface area contributed by atoms with Crippen molar-refractivity contribution in [3.63, 3.8) is 0 Å². The van der Waals surface area contributed by atoms with Crippen LogP contribution < -0.4 is 10.1 Å². The smallest absolute Gasteiger partial charge is 0.223 e. The lowest BCUT2D eigenvalue weighted by molar-refractivity contribution is -0.128. The van der Waals surface area contributed by atoms with Gasteiger partial charge in [0.25, 0.3) is 0 Å². The number of halogens is 1. The number of amides is 1. The minimum atomic E-state index is 0.202. The average Bonchev–Trinajstić information content (AvgIpc) is 2.77. The number of ether oxygens (including phenoxy) is 1. The Bertz CT molecular complexity index is 541. The summed E-state index contributed by atoms with van der Waals surface area (Å²) in [7, 11) is 1.66. The fourth-order valence-corrected chi connectivity index (χ4v) is 3.79. The lowest BCUT2D eigenvalue weighted by Crippen LogP contribution is -2.38. The number of benzene rings is 1. The number of carbonyl (C=O) groups is 1. The first-order chi connectivity index (χ1) is 10.1. The average molecular weight is 353 g/mol. The van der Waals surface area contributed by atoms with Gasteiger partial charge in [0.1, 0.15) is 5.75 Å². The Balaban J connectivity index is 1.74. The number of hydrogen-bond acceptors (Lipinski definition) is 3. The van der Waals surface area contributed by atoms with E-state index in [4.69, 9.17) is 4.74 Å². The Morgan fingerprint density at radius 1 is 1.38 bits per heavy atom. The van der Waals surface area contributed by atoms with E-state index in [0.717, 1.165) is 48.3 Å². The highest BCUT2D eigenvalue weighted by atomic mass is 79.9. The van der Waals surface area contributed by atoms with Gasteiger partial charge in [-0.1, -0.05) is 15.9 Å². The predicted molar refractivity (Wildman–Crippen MR) is 85.3 cm³/mol. The van der Waals surface area contributed by atoms with E-state index in [1.54, 1.807) is 7.11 Å². The molecule has 1 aromatic carbocycles. The number of nitrogens with one attached hydrogen (secondary N) is 1. The molecule has 0 atom stereocenters. The molecule has 2 aliphatic rings. The van der Waals surface area contributed by atoms with E-state index in [1.165, 1.54) is 0 Å². The maximum atomic E-state index is 12.4. The van der Waals surface area contributed by atoms with E-state index < -0.39 is 0 Å². The van der Waals surface area contributed by atoms with Crippen molar-refractivity contribution < 1.29 is 9.53 Å². The number of methoxy groups -OCH3 is 1. The molecule has 21 heavy (non-hydrogen) atoms. The van der Waals surface area contributed by atoms with Gasteiger partial charge < -0.3 is 15.0 Å². The molecule has 0 aliphatic carbocycles. The molecular weight excluding hydrogens is 332 g/mol. The van der Waals surface area contributed by atoms with Gasteiger partial charge >= 0.3 is 0 Å². The molecule has 2 heterocycles. The fourth-order valence-electron chi connectivity index (χ4n) is 3.42. The number of hydrogen-bond donors (Lipinski definition) is 1. The monoisotopic (exact) mass is 352 g/mol. The maximum Gasteiger partial charge on any atom is 0.223 e. The van der Waals surface area contributed by atoms with Gasteiger partial charge in [0, 0.05) is 24.0 Å². The molecule has 0 bridgehead atoms. The largest absolute Gasteiger partial charge is 0.497 e. The van der Waals surface area contributed by atoms with E-state index in [1.807, 2.05) is 23.1 Å². The molecule has 5 heteroatoms.